The minimum atomic E-state index is 0.815. The molecule has 0 radical (unpaired) electrons. The van der Waals surface area contributed by atoms with Crippen molar-refractivity contribution in [3.8, 4) is 0 Å². The molecule has 0 atom stereocenters. The zero-order valence-electron chi connectivity index (χ0n) is 9.63. The zero-order valence-corrected chi connectivity index (χ0v) is 9.63. The van der Waals surface area contributed by atoms with Gasteiger partial charge in [0.1, 0.15) is 0 Å². The summed E-state index contributed by atoms with van der Waals surface area (Å²) in [6.07, 6.45) is 5.54. The van der Waals surface area contributed by atoms with Gasteiger partial charge in [0.05, 0.1) is 0 Å². The predicted molar refractivity (Wildman–Crippen MR) is 60.5 cm³/mol. The highest BCUT2D eigenvalue weighted by Gasteiger charge is 2.28. The Hall–Kier alpha value is -0.0800. The molecule has 0 aromatic rings. The number of hydrogen-bond donors (Lipinski definition) is 1. The molecule has 2 aliphatic rings. The summed E-state index contributed by atoms with van der Waals surface area (Å²) < 4.78 is 0. The van der Waals surface area contributed by atoms with Crippen LogP contribution in [0.5, 0.6) is 0 Å². The van der Waals surface area contributed by atoms with Crippen molar-refractivity contribution in [3.63, 3.8) is 0 Å². The van der Waals surface area contributed by atoms with Crippen molar-refractivity contribution < 1.29 is 0 Å². The monoisotopic (exact) mass is 196 g/mol. The van der Waals surface area contributed by atoms with Gasteiger partial charge in [0, 0.05) is 12.1 Å². The average Bonchev–Trinajstić information content (AvgIpc) is 2.17. The van der Waals surface area contributed by atoms with Crippen molar-refractivity contribution in [1.82, 2.24) is 10.2 Å². The van der Waals surface area contributed by atoms with Crippen molar-refractivity contribution >= 4 is 0 Å². The van der Waals surface area contributed by atoms with Crippen LogP contribution in [-0.2, 0) is 0 Å². The average molecular weight is 196 g/mol. The maximum atomic E-state index is 3.80. The SMILES string of the molecule is CCN1CCC(NC2CC(C)C2)CC1. The minimum Gasteiger partial charge on any atom is -0.311 e. The molecule has 0 amide bonds. The van der Waals surface area contributed by atoms with Crippen LogP contribution in [0, 0.1) is 5.92 Å². The lowest BCUT2D eigenvalue weighted by molar-refractivity contribution is 0.163. The third-order valence-electron chi connectivity index (χ3n) is 3.88. The first-order valence-corrected chi connectivity index (χ1v) is 6.26. The lowest BCUT2D eigenvalue weighted by Crippen LogP contribution is -2.49. The first kappa shape index (κ1) is 10.4. The van der Waals surface area contributed by atoms with Crippen LogP contribution in [0.4, 0.5) is 0 Å². The van der Waals surface area contributed by atoms with Crippen LogP contribution in [0.3, 0.4) is 0 Å². The number of rotatable bonds is 3. The molecular weight excluding hydrogens is 172 g/mol. The third-order valence-corrected chi connectivity index (χ3v) is 3.88. The van der Waals surface area contributed by atoms with Gasteiger partial charge in [-0.2, -0.15) is 0 Å². The summed E-state index contributed by atoms with van der Waals surface area (Å²) in [5.74, 6) is 0.975. The normalized spacial score (nSPS) is 35.6. The van der Waals surface area contributed by atoms with Gasteiger partial charge in [0.2, 0.25) is 0 Å². The molecule has 0 aromatic heterocycles. The minimum absolute atomic E-state index is 0.815. The standard InChI is InChI=1S/C12H24N2/c1-3-14-6-4-11(5-7-14)13-12-8-10(2)9-12/h10-13H,3-9H2,1-2H3. The quantitative estimate of drug-likeness (QED) is 0.741. The van der Waals surface area contributed by atoms with Crippen LogP contribution in [-0.4, -0.2) is 36.6 Å². The molecule has 1 saturated heterocycles. The van der Waals surface area contributed by atoms with E-state index in [1.54, 1.807) is 0 Å². The summed E-state index contributed by atoms with van der Waals surface area (Å²) in [6, 6.07) is 1.67. The second-order valence-corrected chi connectivity index (χ2v) is 5.15. The molecule has 2 heteroatoms. The van der Waals surface area contributed by atoms with Gasteiger partial charge in [-0.3, -0.25) is 0 Å². The van der Waals surface area contributed by atoms with Crippen molar-refractivity contribution in [1.29, 1.82) is 0 Å². The van der Waals surface area contributed by atoms with Crippen LogP contribution in [0.15, 0.2) is 0 Å². The third kappa shape index (κ3) is 2.48. The molecule has 1 aliphatic heterocycles. The molecule has 0 spiro atoms. The summed E-state index contributed by atoms with van der Waals surface area (Å²) in [5, 5.41) is 3.80. The van der Waals surface area contributed by atoms with Crippen LogP contribution in [0.25, 0.3) is 0 Å². The number of nitrogens with one attached hydrogen (secondary N) is 1. The molecule has 2 rings (SSSR count). The largest absolute Gasteiger partial charge is 0.311 e. The van der Waals surface area contributed by atoms with E-state index in [0.29, 0.717) is 0 Å². The summed E-state index contributed by atoms with van der Waals surface area (Å²) in [5.41, 5.74) is 0. The van der Waals surface area contributed by atoms with Crippen molar-refractivity contribution in [3.05, 3.63) is 0 Å². The molecule has 1 saturated carbocycles. The molecule has 1 heterocycles. The second-order valence-electron chi connectivity index (χ2n) is 5.15. The summed E-state index contributed by atoms with van der Waals surface area (Å²) in [6.45, 7) is 8.46. The Bertz CT molecular complexity index is 167. The van der Waals surface area contributed by atoms with E-state index in [1.807, 2.05) is 0 Å². The molecule has 0 aromatic carbocycles. The molecule has 1 N–H and O–H groups in total. The fourth-order valence-electron chi connectivity index (χ4n) is 2.79. The van der Waals surface area contributed by atoms with E-state index in [0.717, 1.165) is 18.0 Å². The summed E-state index contributed by atoms with van der Waals surface area (Å²) in [7, 11) is 0. The van der Waals surface area contributed by atoms with E-state index < -0.39 is 0 Å². The van der Waals surface area contributed by atoms with E-state index in [9.17, 15) is 0 Å². The molecule has 0 bridgehead atoms. The Labute approximate surface area is 88.1 Å². The highest BCUT2D eigenvalue weighted by molar-refractivity contribution is 4.87. The number of piperidine rings is 1. The second kappa shape index (κ2) is 4.63. The first-order valence-electron chi connectivity index (χ1n) is 6.26. The van der Waals surface area contributed by atoms with Crippen LogP contribution < -0.4 is 5.32 Å². The van der Waals surface area contributed by atoms with Gasteiger partial charge in [-0.05, 0) is 51.2 Å². The van der Waals surface area contributed by atoms with E-state index in [2.05, 4.69) is 24.1 Å². The van der Waals surface area contributed by atoms with Crippen molar-refractivity contribution in [2.75, 3.05) is 19.6 Å². The Morgan fingerprint density at radius 1 is 1.14 bits per heavy atom. The molecular formula is C12H24N2. The molecule has 1 aliphatic carbocycles. The maximum Gasteiger partial charge on any atom is 0.00940 e. The van der Waals surface area contributed by atoms with Crippen molar-refractivity contribution in [2.24, 2.45) is 5.92 Å². The molecule has 2 nitrogen and oxygen atoms in total. The van der Waals surface area contributed by atoms with Gasteiger partial charge >= 0.3 is 0 Å². The van der Waals surface area contributed by atoms with Gasteiger partial charge in [-0.15, -0.1) is 0 Å². The van der Waals surface area contributed by atoms with E-state index >= 15 is 0 Å². The van der Waals surface area contributed by atoms with Crippen molar-refractivity contribution in [2.45, 2.75) is 51.6 Å². The van der Waals surface area contributed by atoms with Gasteiger partial charge in [0.15, 0.2) is 0 Å². The maximum absolute atomic E-state index is 3.80. The fourth-order valence-corrected chi connectivity index (χ4v) is 2.79. The lowest BCUT2D eigenvalue weighted by atomic mass is 9.81. The summed E-state index contributed by atoms with van der Waals surface area (Å²) >= 11 is 0. The zero-order chi connectivity index (χ0) is 9.97. The van der Waals surface area contributed by atoms with Gasteiger partial charge in [0.25, 0.3) is 0 Å². The Morgan fingerprint density at radius 3 is 2.29 bits per heavy atom. The lowest BCUT2D eigenvalue weighted by Gasteiger charge is -2.39. The van der Waals surface area contributed by atoms with Gasteiger partial charge in [-0.25, -0.2) is 0 Å². The Balaban J connectivity index is 1.64. The highest BCUT2D eigenvalue weighted by atomic mass is 15.1. The number of hydrogen-bond acceptors (Lipinski definition) is 2. The topological polar surface area (TPSA) is 15.3 Å². The van der Waals surface area contributed by atoms with E-state index in [4.69, 9.17) is 0 Å². The molecule has 82 valence electrons. The predicted octanol–water partition coefficient (Wildman–Crippen LogP) is 1.86. The molecule has 2 fully saturated rings. The van der Waals surface area contributed by atoms with E-state index in [-0.39, 0.29) is 0 Å². The Kier molecular flexibility index (Phi) is 3.45. The first-order chi connectivity index (χ1) is 6.78. The van der Waals surface area contributed by atoms with Gasteiger partial charge in [-0.1, -0.05) is 13.8 Å². The fraction of sp³-hybridized carbons (Fsp3) is 1.00. The van der Waals surface area contributed by atoms with Crippen LogP contribution >= 0.6 is 0 Å². The van der Waals surface area contributed by atoms with Crippen LogP contribution in [0.2, 0.25) is 0 Å². The highest BCUT2D eigenvalue weighted by Crippen LogP contribution is 2.27. The van der Waals surface area contributed by atoms with Gasteiger partial charge < -0.3 is 10.2 Å². The van der Waals surface area contributed by atoms with E-state index in [1.165, 1.54) is 45.3 Å². The smallest absolute Gasteiger partial charge is 0.00940 e. The molecule has 0 unspecified atom stereocenters. The number of nitrogens with zero attached hydrogens (tertiary/aromatic N) is 1. The Morgan fingerprint density at radius 2 is 1.79 bits per heavy atom. The molecule has 14 heavy (non-hydrogen) atoms. The summed E-state index contributed by atoms with van der Waals surface area (Å²) in [4.78, 5) is 2.56. The number of likely N-dealkylation sites (tertiary alicyclic amines) is 1. The van der Waals surface area contributed by atoms with Crippen LogP contribution in [0.1, 0.15) is 39.5 Å².